The van der Waals surface area contributed by atoms with Crippen molar-refractivity contribution in [3.05, 3.63) is 39.8 Å². The lowest BCUT2D eigenvalue weighted by Gasteiger charge is -2.10. The quantitative estimate of drug-likeness (QED) is 0.634. The molecule has 5 nitrogen and oxygen atoms in total. The van der Waals surface area contributed by atoms with Crippen molar-refractivity contribution < 1.29 is 9.53 Å². The summed E-state index contributed by atoms with van der Waals surface area (Å²) in [6.45, 7) is 4.86. The van der Waals surface area contributed by atoms with Gasteiger partial charge in [-0.3, -0.25) is 0 Å². The fourth-order valence-corrected chi connectivity index (χ4v) is 2.66. The Morgan fingerprint density at radius 1 is 1.48 bits per heavy atom. The van der Waals surface area contributed by atoms with Crippen LogP contribution in [0.25, 0.3) is 0 Å². The van der Waals surface area contributed by atoms with Crippen LogP contribution in [0.15, 0.2) is 23.6 Å². The van der Waals surface area contributed by atoms with Gasteiger partial charge in [0.05, 0.1) is 28.6 Å². The van der Waals surface area contributed by atoms with Gasteiger partial charge in [-0.05, 0) is 32.0 Å². The Morgan fingerprint density at radius 2 is 2.29 bits per heavy atom. The Balaban J connectivity index is 1.93. The number of esters is 1. The number of hydrogen-bond donors (Lipinski definition) is 2. The van der Waals surface area contributed by atoms with Gasteiger partial charge in [-0.15, -0.1) is 11.3 Å². The maximum absolute atomic E-state index is 11.6. The number of carbonyl (C=O) groups excluding carboxylic acids is 1. The number of nitrogens with one attached hydrogen (secondary N) is 1. The Hall–Kier alpha value is -2.08. The van der Waals surface area contributed by atoms with Gasteiger partial charge in [0.2, 0.25) is 0 Å². The molecule has 0 unspecified atom stereocenters. The standard InChI is InChI=1S/C15H19N3O2S/c1-3-20-15(19)11-4-5-13(12(16)8-11)17-7-6-14-18-10(2)9-21-14/h4-5,8-9,17H,3,6-7,16H2,1-2H3. The Labute approximate surface area is 128 Å². The van der Waals surface area contributed by atoms with E-state index < -0.39 is 0 Å². The molecular formula is C15H19N3O2S. The number of carbonyl (C=O) groups is 1. The maximum Gasteiger partial charge on any atom is 0.338 e. The molecule has 0 radical (unpaired) electrons. The largest absolute Gasteiger partial charge is 0.462 e. The predicted molar refractivity (Wildman–Crippen MR) is 85.9 cm³/mol. The molecule has 1 aromatic heterocycles. The number of rotatable bonds is 6. The molecule has 0 aliphatic carbocycles. The number of benzene rings is 1. The lowest BCUT2D eigenvalue weighted by molar-refractivity contribution is 0.0526. The van der Waals surface area contributed by atoms with Gasteiger partial charge < -0.3 is 15.8 Å². The minimum Gasteiger partial charge on any atom is -0.462 e. The third-order valence-electron chi connectivity index (χ3n) is 2.88. The van der Waals surface area contributed by atoms with E-state index in [1.165, 1.54) is 0 Å². The molecule has 21 heavy (non-hydrogen) atoms. The van der Waals surface area contributed by atoms with Crippen molar-refractivity contribution in [2.24, 2.45) is 0 Å². The third kappa shape index (κ3) is 4.19. The van der Waals surface area contributed by atoms with Crippen molar-refractivity contribution >= 4 is 28.7 Å². The molecule has 0 bridgehead atoms. The summed E-state index contributed by atoms with van der Waals surface area (Å²) in [4.78, 5) is 16.0. The topological polar surface area (TPSA) is 77.2 Å². The first-order valence-corrected chi connectivity index (χ1v) is 7.69. The van der Waals surface area contributed by atoms with Crippen molar-refractivity contribution in [3.8, 4) is 0 Å². The second-order valence-electron chi connectivity index (χ2n) is 4.58. The molecule has 2 aromatic rings. The maximum atomic E-state index is 11.6. The van der Waals surface area contributed by atoms with Crippen LogP contribution in [-0.4, -0.2) is 24.1 Å². The number of anilines is 2. The van der Waals surface area contributed by atoms with Crippen molar-refractivity contribution in [1.29, 1.82) is 0 Å². The van der Waals surface area contributed by atoms with Crippen molar-refractivity contribution in [2.75, 3.05) is 24.2 Å². The monoisotopic (exact) mass is 305 g/mol. The predicted octanol–water partition coefficient (Wildman–Crippen LogP) is 2.87. The molecule has 0 atom stereocenters. The molecular weight excluding hydrogens is 286 g/mol. The molecule has 0 fully saturated rings. The van der Waals surface area contributed by atoms with Crippen LogP contribution in [0.2, 0.25) is 0 Å². The summed E-state index contributed by atoms with van der Waals surface area (Å²) >= 11 is 1.66. The number of thiazole rings is 1. The SMILES string of the molecule is CCOC(=O)c1ccc(NCCc2nc(C)cs2)c(N)c1. The first kappa shape index (κ1) is 15.3. The average molecular weight is 305 g/mol. The van der Waals surface area contributed by atoms with E-state index in [1.54, 1.807) is 36.5 Å². The van der Waals surface area contributed by atoms with Gasteiger partial charge in [0.25, 0.3) is 0 Å². The van der Waals surface area contributed by atoms with Crippen LogP contribution in [-0.2, 0) is 11.2 Å². The molecule has 1 heterocycles. The highest BCUT2D eigenvalue weighted by Gasteiger charge is 2.08. The summed E-state index contributed by atoms with van der Waals surface area (Å²) in [5, 5.41) is 6.40. The zero-order valence-electron chi connectivity index (χ0n) is 12.2. The minimum atomic E-state index is -0.353. The van der Waals surface area contributed by atoms with E-state index in [0.717, 1.165) is 29.4 Å². The molecule has 0 aliphatic rings. The highest BCUT2D eigenvalue weighted by Crippen LogP contribution is 2.20. The molecule has 112 valence electrons. The van der Waals surface area contributed by atoms with E-state index >= 15 is 0 Å². The number of aryl methyl sites for hydroxylation is 1. The molecule has 0 saturated carbocycles. The van der Waals surface area contributed by atoms with E-state index in [4.69, 9.17) is 10.5 Å². The Morgan fingerprint density at radius 3 is 2.90 bits per heavy atom. The smallest absolute Gasteiger partial charge is 0.338 e. The summed E-state index contributed by atoms with van der Waals surface area (Å²) in [6, 6.07) is 5.15. The molecule has 1 aromatic carbocycles. The molecule has 0 amide bonds. The van der Waals surface area contributed by atoms with Crippen molar-refractivity contribution in [3.63, 3.8) is 0 Å². The second kappa shape index (κ2) is 7.08. The molecule has 0 aliphatic heterocycles. The zero-order valence-corrected chi connectivity index (χ0v) is 13.0. The Bertz CT molecular complexity index is 625. The zero-order chi connectivity index (χ0) is 15.2. The van der Waals surface area contributed by atoms with Crippen LogP contribution in [0.3, 0.4) is 0 Å². The number of ether oxygens (including phenoxy) is 1. The van der Waals surface area contributed by atoms with E-state index in [1.807, 2.05) is 12.3 Å². The number of nitrogens with zero attached hydrogens (tertiary/aromatic N) is 1. The summed E-state index contributed by atoms with van der Waals surface area (Å²) in [7, 11) is 0. The molecule has 2 rings (SSSR count). The molecule has 3 N–H and O–H groups in total. The average Bonchev–Trinajstić information content (AvgIpc) is 2.86. The van der Waals surface area contributed by atoms with Crippen LogP contribution in [0.5, 0.6) is 0 Å². The molecule has 0 spiro atoms. The fraction of sp³-hybridized carbons (Fsp3) is 0.333. The lowest BCUT2D eigenvalue weighted by atomic mass is 10.1. The van der Waals surface area contributed by atoms with Crippen molar-refractivity contribution in [1.82, 2.24) is 4.98 Å². The van der Waals surface area contributed by atoms with Gasteiger partial charge in [0, 0.05) is 24.0 Å². The molecule has 0 saturated heterocycles. The van der Waals surface area contributed by atoms with Gasteiger partial charge in [0.1, 0.15) is 0 Å². The van der Waals surface area contributed by atoms with Crippen LogP contribution < -0.4 is 11.1 Å². The Kier molecular flexibility index (Phi) is 5.16. The number of aromatic nitrogens is 1. The summed E-state index contributed by atoms with van der Waals surface area (Å²) < 4.78 is 4.94. The van der Waals surface area contributed by atoms with E-state index in [-0.39, 0.29) is 5.97 Å². The third-order valence-corrected chi connectivity index (χ3v) is 3.91. The minimum absolute atomic E-state index is 0.353. The lowest BCUT2D eigenvalue weighted by Crippen LogP contribution is -2.09. The van der Waals surface area contributed by atoms with Crippen LogP contribution >= 0.6 is 11.3 Å². The van der Waals surface area contributed by atoms with Crippen LogP contribution in [0.1, 0.15) is 28.0 Å². The van der Waals surface area contributed by atoms with Gasteiger partial charge in [0.15, 0.2) is 0 Å². The molecule has 6 heteroatoms. The summed E-state index contributed by atoms with van der Waals surface area (Å²) in [6.07, 6.45) is 0.845. The van der Waals surface area contributed by atoms with Gasteiger partial charge in [-0.25, -0.2) is 9.78 Å². The van der Waals surface area contributed by atoms with E-state index in [9.17, 15) is 4.79 Å². The van der Waals surface area contributed by atoms with E-state index in [0.29, 0.717) is 17.9 Å². The van der Waals surface area contributed by atoms with Crippen LogP contribution in [0.4, 0.5) is 11.4 Å². The summed E-state index contributed by atoms with van der Waals surface area (Å²) in [5.41, 5.74) is 8.83. The summed E-state index contributed by atoms with van der Waals surface area (Å²) in [5.74, 6) is -0.353. The number of nitrogen functional groups attached to an aromatic ring is 1. The van der Waals surface area contributed by atoms with Gasteiger partial charge >= 0.3 is 5.97 Å². The second-order valence-corrected chi connectivity index (χ2v) is 5.52. The highest BCUT2D eigenvalue weighted by molar-refractivity contribution is 7.09. The number of nitrogens with two attached hydrogens (primary N) is 1. The number of hydrogen-bond acceptors (Lipinski definition) is 6. The fourth-order valence-electron chi connectivity index (χ4n) is 1.89. The first-order valence-electron chi connectivity index (χ1n) is 6.81. The normalized spacial score (nSPS) is 10.4. The van der Waals surface area contributed by atoms with Gasteiger partial charge in [-0.2, -0.15) is 0 Å². The highest BCUT2D eigenvalue weighted by atomic mass is 32.1. The van der Waals surface area contributed by atoms with Crippen molar-refractivity contribution in [2.45, 2.75) is 20.3 Å². The van der Waals surface area contributed by atoms with Gasteiger partial charge in [-0.1, -0.05) is 0 Å². The van der Waals surface area contributed by atoms with E-state index in [2.05, 4.69) is 10.3 Å². The first-order chi connectivity index (χ1) is 10.1. The van der Waals surface area contributed by atoms with Crippen LogP contribution in [0, 0.1) is 6.92 Å².